The van der Waals surface area contributed by atoms with Gasteiger partial charge in [0, 0.05) is 24.2 Å². The predicted octanol–water partition coefficient (Wildman–Crippen LogP) is 1.76. The molecule has 100 valence electrons. The normalized spacial score (nSPS) is 27.2. The average Bonchev–Trinajstić information content (AvgIpc) is 3.14. The Hall–Kier alpha value is -0.870. The van der Waals surface area contributed by atoms with Gasteiger partial charge in [-0.05, 0) is 17.5 Å². The van der Waals surface area contributed by atoms with E-state index in [4.69, 9.17) is 0 Å². The fraction of sp³-hybridized carbons (Fsp3) is 0.571. The molecule has 0 bridgehead atoms. The minimum Gasteiger partial charge on any atom is -0.396 e. The number of hydrogen-bond acceptors (Lipinski definition) is 3. The van der Waals surface area contributed by atoms with E-state index in [1.54, 1.807) is 6.92 Å². The lowest BCUT2D eigenvalue weighted by Crippen LogP contribution is -2.13. The van der Waals surface area contributed by atoms with Crippen molar-refractivity contribution >= 4 is 9.84 Å². The fourth-order valence-corrected chi connectivity index (χ4v) is 4.54. The van der Waals surface area contributed by atoms with Crippen molar-refractivity contribution in [1.82, 2.24) is 0 Å². The Morgan fingerprint density at radius 2 is 1.78 bits per heavy atom. The van der Waals surface area contributed by atoms with E-state index in [2.05, 4.69) is 6.92 Å². The Balaban J connectivity index is 2.23. The second-order valence-electron chi connectivity index (χ2n) is 4.88. The number of aryl methyl sites for hydroxylation is 1. The third-order valence-corrected chi connectivity index (χ3v) is 6.17. The van der Waals surface area contributed by atoms with Crippen LogP contribution in [0.15, 0.2) is 24.3 Å². The fourth-order valence-electron chi connectivity index (χ4n) is 2.65. The quantitative estimate of drug-likeness (QED) is 0.885. The van der Waals surface area contributed by atoms with Gasteiger partial charge in [0.2, 0.25) is 0 Å². The summed E-state index contributed by atoms with van der Waals surface area (Å²) in [5.74, 6) is 0.00540. The molecule has 18 heavy (non-hydrogen) atoms. The van der Waals surface area contributed by atoms with Crippen molar-refractivity contribution in [3.63, 3.8) is 0 Å². The van der Waals surface area contributed by atoms with Gasteiger partial charge in [-0.25, -0.2) is 8.42 Å². The van der Waals surface area contributed by atoms with Crippen LogP contribution in [0, 0.1) is 5.92 Å². The molecule has 0 unspecified atom stereocenters. The molecule has 1 aliphatic carbocycles. The average molecular weight is 268 g/mol. The Morgan fingerprint density at radius 3 is 2.22 bits per heavy atom. The summed E-state index contributed by atoms with van der Waals surface area (Å²) in [6.45, 7) is 3.70. The topological polar surface area (TPSA) is 54.4 Å². The van der Waals surface area contributed by atoms with E-state index in [1.165, 1.54) is 5.56 Å². The smallest absolute Gasteiger partial charge is 0.153 e. The summed E-state index contributed by atoms with van der Waals surface area (Å²) in [5, 5.41) is 8.91. The molecule has 0 amide bonds. The molecule has 1 N–H and O–H groups in total. The third kappa shape index (κ3) is 2.31. The van der Waals surface area contributed by atoms with Crippen LogP contribution in [0.3, 0.4) is 0 Å². The minimum absolute atomic E-state index is 0.0224. The monoisotopic (exact) mass is 268 g/mol. The van der Waals surface area contributed by atoms with Crippen LogP contribution in [-0.2, 0) is 16.3 Å². The molecule has 1 aliphatic rings. The Bertz CT molecular complexity index is 504. The molecule has 0 aromatic heterocycles. The highest BCUT2D eigenvalue weighted by Crippen LogP contribution is 2.52. The van der Waals surface area contributed by atoms with E-state index >= 15 is 0 Å². The maximum absolute atomic E-state index is 11.9. The molecule has 0 aliphatic heterocycles. The molecule has 1 aromatic carbocycles. The van der Waals surface area contributed by atoms with Gasteiger partial charge in [-0.2, -0.15) is 0 Å². The zero-order valence-corrected chi connectivity index (χ0v) is 11.7. The van der Waals surface area contributed by atoms with E-state index in [-0.39, 0.29) is 29.4 Å². The Labute approximate surface area is 109 Å². The van der Waals surface area contributed by atoms with Gasteiger partial charge in [0.25, 0.3) is 0 Å². The summed E-state index contributed by atoms with van der Waals surface area (Å²) in [4.78, 5) is 0. The molecule has 1 fully saturated rings. The zero-order chi connectivity index (χ0) is 13.3. The standard InChI is InChI=1S/C14H20O3S/c1-3-10-5-7-11(8-6-10)13-12(9-15)14(13)18(16,17)4-2/h5-8,12-15H,3-4,9H2,1-2H3/t12-,13-,14+/m1/s1. The third-order valence-electron chi connectivity index (χ3n) is 3.90. The number of rotatable bonds is 5. The van der Waals surface area contributed by atoms with Crippen molar-refractivity contribution in [2.75, 3.05) is 12.4 Å². The van der Waals surface area contributed by atoms with Crippen molar-refractivity contribution in [3.8, 4) is 0 Å². The maximum Gasteiger partial charge on any atom is 0.153 e. The lowest BCUT2D eigenvalue weighted by Gasteiger charge is -2.02. The summed E-state index contributed by atoms with van der Waals surface area (Å²) >= 11 is 0. The lowest BCUT2D eigenvalue weighted by atomic mass is 10.1. The second kappa shape index (κ2) is 5.02. The molecule has 3 atom stereocenters. The van der Waals surface area contributed by atoms with Crippen molar-refractivity contribution in [2.24, 2.45) is 5.92 Å². The zero-order valence-electron chi connectivity index (χ0n) is 10.8. The molecule has 0 radical (unpaired) electrons. The van der Waals surface area contributed by atoms with Crippen molar-refractivity contribution in [3.05, 3.63) is 35.4 Å². The molecule has 0 heterocycles. The molecule has 0 spiro atoms. The molecule has 1 saturated carbocycles. The first kappa shape index (κ1) is 13.6. The van der Waals surface area contributed by atoms with Crippen LogP contribution in [0.25, 0.3) is 0 Å². The van der Waals surface area contributed by atoms with Crippen LogP contribution in [0.5, 0.6) is 0 Å². The summed E-state index contributed by atoms with van der Waals surface area (Å²) in [6, 6.07) is 8.07. The summed E-state index contributed by atoms with van der Waals surface area (Å²) < 4.78 is 23.9. The van der Waals surface area contributed by atoms with E-state index in [0.717, 1.165) is 12.0 Å². The molecular formula is C14H20O3S. The van der Waals surface area contributed by atoms with E-state index < -0.39 is 9.84 Å². The van der Waals surface area contributed by atoms with E-state index in [9.17, 15) is 13.5 Å². The first-order valence-electron chi connectivity index (χ1n) is 6.46. The molecule has 4 heteroatoms. The van der Waals surface area contributed by atoms with Gasteiger partial charge >= 0.3 is 0 Å². The molecule has 2 rings (SSSR count). The van der Waals surface area contributed by atoms with Gasteiger partial charge in [0.1, 0.15) is 0 Å². The first-order valence-corrected chi connectivity index (χ1v) is 8.18. The minimum atomic E-state index is -3.06. The van der Waals surface area contributed by atoms with Crippen molar-refractivity contribution in [2.45, 2.75) is 31.4 Å². The van der Waals surface area contributed by atoms with Gasteiger partial charge in [0.15, 0.2) is 9.84 Å². The summed E-state index contributed by atoms with van der Waals surface area (Å²) in [5.41, 5.74) is 2.28. The number of sulfone groups is 1. The van der Waals surface area contributed by atoms with Crippen molar-refractivity contribution < 1.29 is 13.5 Å². The van der Waals surface area contributed by atoms with Crippen LogP contribution < -0.4 is 0 Å². The van der Waals surface area contributed by atoms with Crippen LogP contribution in [-0.4, -0.2) is 31.1 Å². The van der Waals surface area contributed by atoms with Crippen LogP contribution in [0.4, 0.5) is 0 Å². The predicted molar refractivity (Wildman–Crippen MR) is 72.4 cm³/mol. The lowest BCUT2D eigenvalue weighted by molar-refractivity contribution is 0.274. The van der Waals surface area contributed by atoms with Gasteiger partial charge in [-0.15, -0.1) is 0 Å². The van der Waals surface area contributed by atoms with Gasteiger partial charge in [-0.1, -0.05) is 38.1 Å². The van der Waals surface area contributed by atoms with Crippen LogP contribution in [0.1, 0.15) is 30.9 Å². The summed E-state index contributed by atoms with van der Waals surface area (Å²) in [6.07, 6.45) is 0.977. The first-order chi connectivity index (χ1) is 8.55. The largest absolute Gasteiger partial charge is 0.396 e. The highest BCUT2D eigenvalue weighted by atomic mass is 32.2. The number of hydrogen-bond donors (Lipinski definition) is 1. The number of benzene rings is 1. The highest BCUT2D eigenvalue weighted by molar-refractivity contribution is 7.92. The van der Waals surface area contributed by atoms with Crippen LogP contribution in [0.2, 0.25) is 0 Å². The molecule has 0 saturated heterocycles. The van der Waals surface area contributed by atoms with E-state index in [1.807, 2.05) is 24.3 Å². The summed E-state index contributed by atoms with van der Waals surface area (Å²) in [7, 11) is -3.06. The maximum atomic E-state index is 11.9. The second-order valence-corrected chi connectivity index (χ2v) is 7.33. The molecular weight excluding hydrogens is 248 g/mol. The Morgan fingerprint density at radius 1 is 1.17 bits per heavy atom. The highest BCUT2D eigenvalue weighted by Gasteiger charge is 2.57. The van der Waals surface area contributed by atoms with Crippen molar-refractivity contribution in [1.29, 1.82) is 0 Å². The van der Waals surface area contributed by atoms with Gasteiger partial charge < -0.3 is 5.11 Å². The molecule has 3 nitrogen and oxygen atoms in total. The molecule has 1 aromatic rings. The SMILES string of the molecule is CCc1ccc([C@@H]2[C@@H](CO)[C@@H]2S(=O)(=O)CC)cc1. The van der Waals surface area contributed by atoms with E-state index in [0.29, 0.717) is 0 Å². The Kier molecular flexibility index (Phi) is 3.78. The van der Waals surface area contributed by atoms with Crippen LogP contribution >= 0.6 is 0 Å². The van der Waals surface area contributed by atoms with Gasteiger partial charge in [0.05, 0.1) is 5.25 Å². The van der Waals surface area contributed by atoms with Gasteiger partial charge in [-0.3, -0.25) is 0 Å². The number of aliphatic hydroxyl groups excluding tert-OH is 1. The number of aliphatic hydroxyl groups is 1.